The number of hydrogen-bond acceptors (Lipinski definition) is 5. The minimum absolute atomic E-state index is 0.00570. The molecular formula is C19H23ClN2O4S. The second-order valence-electron chi connectivity index (χ2n) is 6.35. The van der Waals surface area contributed by atoms with Crippen molar-refractivity contribution < 1.29 is 17.9 Å². The second-order valence-corrected chi connectivity index (χ2v) is 8.42. The SMILES string of the molecule is CC(C)Oc1ccc(S(=O)(=O)N/N=C/c2ccc(OC(C)C)c(Cl)c2)cc1. The van der Waals surface area contributed by atoms with Crippen molar-refractivity contribution in [2.45, 2.75) is 44.8 Å². The number of nitrogens with one attached hydrogen (secondary N) is 1. The number of hydrogen-bond donors (Lipinski definition) is 1. The van der Waals surface area contributed by atoms with E-state index in [1.807, 2.05) is 27.7 Å². The smallest absolute Gasteiger partial charge is 0.276 e. The lowest BCUT2D eigenvalue weighted by molar-refractivity contribution is 0.242. The molecule has 1 N–H and O–H groups in total. The lowest BCUT2D eigenvalue weighted by Gasteiger charge is -2.11. The van der Waals surface area contributed by atoms with Gasteiger partial charge in [-0.1, -0.05) is 11.6 Å². The number of rotatable bonds is 8. The molecule has 2 rings (SSSR count). The maximum atomic E-state index is 12.3. The third-order valence-corrected chi connectivity index (χ3v) is 4.74. The first kappa shape index (κ1) is 21.1. The Bertz CT molecular complexity index is 894. The molecule has 0 heterocycles. The molecule has 0 saturated carbocycles. The Morgan fingerprint density at radius 1 is 1.00 bits per heavy atom. The Morgan fingerprint density at radius 2 is 1.63 bits per heavy atom. The Labute approximate surface area is 165 Å². The van der Waals surface area contributed by atoms with Gasteiger partial charge in [-0.2, -0.15) is 13.5 Å². The summed E-state index contributed by atoms with van der Waals surface area (Å²) < 4.78 is 35.6. The van der Waals surface area contributed by atoms with Crippen molar-refractivity contribution in [1.82, 2.24) is 4.83 Å². The van der Waals surface area contributed by atoms with Crippen LogP contribution in [-0.2, 0) is 10.0 Å². The average molecular weight is 411 g/mol. The largest absolute Gasteiger partial charge is 0.491 e. The van der Waals surface area contributed by atoms with Crippen LogP contribution in [0.25, 0.3) is 0 Å². The van der Waals surface area contributed by atoms with E-state index in [-0.39, 0.29) is 17.1 Å². The molecule has 0 spiro atoms. The van der Waals surface area contributed by atoms with Crippen molar-refractivity contribution in [2.24, 2.45) is 5.10 Å². The van der Waals surface area contributed by atoms with E-state index in [4.69, 9.17) is 21.1 Å². The van der Waals surface area contributed by atoms with Crippen molar-refractivity contribution in [3.63, 3.8) is 0 Å². The van der Waals surface area contributed by atoms with Crippen LogP contribution in [0.2, 0.25) is 5.02 Å². The van der Waals surface area contributed by atoms with Crippen molar-refractivity contribution in [2.75, 3.05) is 0 Å². The number of hydrazone groups is 1. The fourth-order valence-electron chi connectivity index (χ4n) is 2.14. The monoisotopic (exact) mass is 410 g/mol. The Kier molecular flexibility index (Phi) is 7.10. The van der Waals surface area contributed by atoms with Crippen LogP contribution in [-0.4, -0.2) is 26.8 Å². The summed E-state index contributed by atoms with van der Waals surface area (Å²) in [6, 6.07) is 11.2. The van der Waals surface area contributed by atoms with Gasteiger partial charge in [0.1, 0.15) is 11.5 Å². The van der Waals surface area contributed by atoms with Gasteiger partial charge >= 0.3 is 0 Å². The van der Waals surface area contributed by atoms with E-state index in [9.17, 15) is 8.42 Å². The first-order valence-electron chi connectivity index (χ1n) is 8.45. The van der Waals surface area contributed by atoms with Crippen LogP contribution in [0.5, 0.6) is 11.5 Å². The maximum absolute atomic E-state index is 12.3. The zero-order chi connectivity index (χ0) is 20.0. The summed E-state index contributed by atoms with van der Waals surface area (Å²) in [5.74, 6) is 1.17. The fraction of sp³-hybridized carbons (Fsp3) is 0.316. The van der Waals surface area contributed by atoms with Crippen LogP contribution >= 0.6 is 11.6 Å². The van der Waals surface area contributed by atoms with Crippen molar-refractivity contribution in [1.29, 1.82) is 0 Å². The van der Waals surface area contributed by atoms with E-state index >= 15 is 0 Å². The summed E-state index contributed by atoms with van der Waals surface area (Å²) >= 11 is 6.15. The van der Waals surface area contributed by atoms with E-state index in [1.165, 1.54) is 18.3 Å². The molecule has 6 nitrogen and oxygen atoms in total. The molecule has 0 saturated heterocycles. The Balaban J connectivity index is 2.05. The molecule has 0 bridgehead atoms. The first-order chi connectivity index (χ1) is 12.7. The average Bonchev–Trinajstić information content (AvgIpc) is 2.57. The van der Waals surface area contributed by atoms with Crippen molar-refractivity contribution in [3.8, 4) is 11.5 Å². The predicted octanol–water partition coefficient (Wildman–Crippen LogP) is 4.23. The molecule has 146 valence electrons. The minimum atomic E-state index is -3.77. The molecule has 27 heavy (non-hydrogen) atoms. The number of sulfonamides is 1. The minimum Gasteiger partial charge on any atom is -0.491 e. The first-order valence-corrected chi connectivity index (χ1v) is 10.3. The summed E-state index contributed by atoms with van der Waals surface area (Å²) in [5, 5.41) is 4.23. The van der Waals surface area contributed by atoms with Crippen LogP contribution in [0.1, 0.15) is 33.3 Å². The topological polar surface area (TPSA) is 77.0 Å². The quantitative estimate of drug-likeness (QED) is 0.522. The molecule has 0 aliphatic rings. The highest BCUT2D eigenvalue weighted by atomic mass is 35.5. The fourth-order valence-corrected chi connectivity index (χ4v) is 3.16. The highest BCUT2D eigenvalue weighted by molar-refractivity contribution is 7.89. The van der Waals surface area contributed by atoms with Gasteiger partial charge in [0.15, 0.2) is 0 Å². The number of benzene rings is 2. The van der Waals surface area contributed by atoms with E-state index in [0.29, 0.717) is 22.1 Å². The van der Waals surface area contributed by atoms with Crippen molar-refractivity contribution >= 4 is 27.8 Å². The standard InChI is InChI=1S/C19H23ClN2O4S/c1-13(2)25-16-6-8-17(9-7-16)27(23,24)22-21-12-15-5-10-19(18(20)11-15)26-14(3)4/h5-14,22H,1-4H3/b21-12+. The van der Waals surface area contributed by atoms with Gasteiger partial charge in [0.05, 0.1) is 28.3 Å². The third-order valence-electron chi connectivity index (χ3n) is 3.21. The Morgan fingerprint density at radius 3 is 2.19 bits per heavy atom. The van der Waals surface area contributed by atoms with Gasteiger partial charge < -0.3 is 9.47 Å². The van der Waals surface area contributed by atoms with Crippen molar-refractivity contribution in [3.05, 3.63) is 53.1 Å². The van der Waals surface area contributed by atoms with Crippen LogP contribution in [0, 0.1) is 0 Å². The van der Waals surface area contributed by atoms with Crippen LogP contribution < -0.4 is 14.3 Å². The zero-order valence-electron chi connectivity index (χ0n) is 15.6. The van der Waals surface area contributed by atoms with E-state index in [1.54, 1.807) is 30.3 Å². The van der Waals surface area contributed by atoms with Gasteiger partial charge in [0.25, 0.3) is 10.0 Å². The second kappa shape index (κ2) is 9.10. The molecule has 0 aliphatic carbocycles. The van der Waals surface area contributed by atoms with Gasteiger partial charge in [-0.15, -0.1) is 0 Å². The molecule has 2 aromatic carbocycles. The Hall–Kier alpha value is -2.25. The van der Waals surface area contributed by atoms with E-state index in [0.717, 1.165) is 0 Å². The summed E-state index contributed by atoms with van der Waals surface area (Å²) in [6.07, 6.45) is 1.39. The van der Waals surface area contributed by atoms with Gasteiger partial charge in [0.2, 0.25) is 0 Å². The molecule has 0 atom stereocenters. The number of nitrogens with zero attached hydrogens (tertiary/aromatic N) is 1. The van der Waals surface area contributed by atoms with Gasteiger partial charge in [-0.3, -0.25) is 0 Å². The van der Waals surface area contributed by atoms with Crippen LogP contribution in [0.4, 0.5) is 0 Å². The number of halogens is 1. The molecule has 8 heteroatoms. The summed E-state index contributed by atoms with van der Waals surface area (Å²) in [6.45, 7) is 7.60. The lowest BCUT2D eigenvalue weighted by Crippen LogP contribution is -2.18. The molecular weight excluding hydrogens is 388 g/mol. The highest BCUT2D eigenvalue weighted by Crippen LogP contribution is 2.26. The van der Waals surface area contributed by atoms with Gasteiger partial charge in [-0.25, -0.2) is 4.83 Å². The third kappa shape index (κ3) is 6.45. The predicted molar refractivity (Wildman–Crippen MR) is 107 cm³/mol. The molecule has 0 fully saturated rings. The molecule has 0 unspecified atom stereocenters. The van der Waals surface area contributed by atoms with Gasteiger partial charge in [-0.05, 0) is 75.7 Å². The van der Waals surface area contributed by atoms with Crippen LogP contribution in [0.15, 0.2) is 52.5 Å². The zero-order valence-corrected chi connectivity index (χ0v) is 17.2. The molecule has 0 aromatic heterocycles. The normalized spacial score (nSPS) is 12.0. The van der Waals surface area contributed by atoms with Gasteiger partial charge in [0, 0.05) is 0 Å². The molecule has 2 aromatic rings. The van der Waals surface area contributed by atoms with E-state index < -0.39 is 10.0 Å². The lowest BCUT2D eigenvalue weighted by atomic mass is 10.2. The summed E-state index contributed by atoms with van der Waals surface area (Å²) in [4.78, 5) is 2.27. The maximum Gasteiger partial charge on any atom is 0.276 e. The molecule has 0 radical (unpaired) electrons. The summed E-state index contributed by atoms with van der Waals surface area (Å²) in [7, 11) is -3.77. The number of ether oxygens (including phenoxy) is 2. The van der Waals surface area contributed by atoms with Crippen LogP contribution in [0.3, 0.4) is 0 Å². The highest BCUT2D eigenvalue weighted by Gasteiger charge is 2.13. The molecule has 0 aliphatic heterocycles. The summed E-state index contributed by atoms with van der Waals surface area (Å²) in [5.41, 5.74) is 0.638. The molecule has 0 amide bonds. The van der Waals surface area contributed by atoms with E-state index in [2.05, 4.69) is 9.93 Å².